The van der Waals surface area contributed by atoms with E-state index in [0.717, 1.165) is 0 Å². The average molecular weight is 248 g/mol. The Morgan fingerprint density at radius 2 is 1.83 bits per heavy atom. The van der Waals surface area contributed by atoms with Gasteiger partial charge in [0.2, 0.25) is 0 Å². The van der Waals surface area contributed by atoms with Crippen molar-refractivity contribution in [1.82, 2.24) is 0 Å². The van der Waals surface area contributed by atoms with Gasteiger partial charge in [-0.15, -0.1) is 0 Å². The van der Waals surface area contributed by atoms with E-state index in [9.17, 15) is 13.2 Å². The minimum atomic E-state index is -4.08. The molecule has 0 aliphatic heterocycles. The van der Waals surface area contributed by atoms with E-state index in [-0.39, 0.29) is 6.42 Å². The van der Waals surface area contributed by atoms with Gasteiger partial charge in [0, 0.05) is 6.42 Å². The predicted octanol–water partition coefficient (Wildman–Crippen LogP) is 0.115. The topological polar surface area (TPSA) is 86.5 Å². The Morgan fingerprint density at radius 3 is 1.92 bits per heavy atom. The summed E-state index contributed by atoms with van der Waals surface area (Å²) in [6.45, 7) is 3.65. The molecule has 0 aliphatic rings. The third kappa shape index (κ3) is 16.5. The summed E-state index contributed by atoms with van der Waals surface area (Å²) < 4.78 is 23.6. The molecule has 0 amide bonds. The van der Waals surface area contributed by atoms with Gasteiger partial charge in [-0.05, 0) is 0 Å². The quantitative estimate of drug-likeness (QED) is 0.702. The molecule has 0 aromatic rings. The number of hydrogen-bond donors (Lipinski definition) is 1. The second-order valence-corrected chi connectivity index (χ2v) is 5.05. The summed E-state index contributed by atoms with van der Waals surface area (Å²) in [4.78, 5) is 10.1. The molecule has 0 saturated carbocycles. The van der Waals surface area contributed by atoms with Gasteiger partial charge in [0.25, 0.3) is 0 Å². The molecule has 0 aromatic heterocycles. The van der Waals surface area contributed by atoms with Crippen molar-refractivity contribution in [2.75, 3.05) is 0 Å². The molecule has 0 aromatic carbocycles. The number of carbonyl (C=O) groups excluding carboxylic acids is 1. The predicted molar refractivity (Wildman–Crippen MR) is 40.0 cm³/mol. The number of carbonyl (C=O) groups is 1. The normalized spacial score (nSPS) is 9.75. The summed E-state index contributed by atoms with van der Waals surface area (Å²) in [6, 6.07) is 0. The van der Waals surface area contributed by atoms with E-state index in [1.165, 1.54) is 30.2 Å². The molecule has 0 heterocycles. The van der Waals surface area contributed by atoms with Crippen LogP contribution in [0, 0.1) is 0 Å². The first-order valence-electron chi connectivity index (χ1n) is 3.41. The van der Waals surface area contributed by atoms with Crippen molar-refractivity contribution in [2.24, 2.45) is 5.14 Å². The molecule has 5 nitrogen and oxygen atoms in total. The molecule has 0 saturated heterocycles. The summed E-state index contributed by atoms with van der Waals surface area (Å²) in [5, 5.41) is 5.72. The molecule has 69 valence electrons. The van der Waals surface area contributed by atoms with Crippen LogP contribution in [0.15, 0.2) is 0 Å². The fraction of sp³-hybridized carbons (Fsp3) is 0.800. The summed E-state index contributed by atoms with van der Waals surface area (Å²) in [7, 11) is -4.08. The van der Waals surface area contributed by atoms with Gasteiger partial charge in [-0.1, -0.05) is 6.92 Å². The molecule has 0 unspecified atom stereocenters. The average Bonchev–Trinajstić information content (AvgIpc) is 1.86. The molecule has 0 atom stereocenters. The van der Waals surface area contributed by atoms with Gasteiger partial charge >= 0.3 is 46.5 Å². The van der Waals surface area contributed by atoms with Gasteiger partial charge in [-0.3, -0.25) is 4.79 Å². The van der Waals surface area contributed by atoms with Crippen molar-refractivity contribution in [3.8, 4) is 0 Å². The molecular formula is C5H12NO4SZn. The number of rotatable bonds is 2. The van der Waals surface area contributed by atoms with E-state index in [1.54, 1.807) is 0 Å². The molecule has 0 spiro atoms. The van der Waals surface area contributed by atoms with Crippen LogP contribution in [0.3, 0.4) is 0 Å². The monoisotopic (exact) mass is 246 g/mol. The number of nitrogens with two attached hydrogens (primary N) is 1. The van der Waals surface area contributed by atoms with Gasteiger partial charge in [0.15, 0.2) is 0 Å². The van der Waals surface area contributed by atoms with E-state index in [0.29, 0.717) is 0 Å². The maximum atomic E-state index is 10.1. The van der Waals surface area contributed by atoms with Crippen LogP contribution in [-0.2, 0) is 37.6 Å². The Kier molecular flexibility index (Phi) is 9.25. The van der Waals surface area contributed by atoms with Crippen molar-refractivity contribution in [3.05, 3.63) is 0 Å². The Morgan fingerprint density at radius 1 is 1.50 bits per heavy atom. The summed E-state index contributed by atoms with van der Waals surface area (Å²) in [5.74, 6) is -0.850. The van der Waals surface area contributed by atoms with Crippen molar-refractivity contribution in [3.63, 3.8) is 0 Å². The second-order valence-electron chi connectivity index (χ2n) is 1.80. The van der Waals surface area contributed by atoms with Crippen LogP contribution in [0.4, 0.5) is 0 Å². The molecule has 7 heteroatoms. The first-order valence-corrected chi connectivity index (χ1v) is 6.98. The molecular weight excluding hydrogens is 236 g/mol. The molecule has 0 rings (SSSR count). The van der Waals surface area contributed by atoms with Crippen molar-refractivity contribution < 1.29 is 35.7 Å². The Labute approximate surface area is 82.6 Å². The zero-order valence-corrected chi connectivity index (χ0v) is 11.0. The first kappa shape index (κ1) is 14.5. The van der Waals surface area contributed by atoms with E-state index in [2.05, 4.69) is 16.2 Å². The minimum absolute atomic E-state index is 0.00354. The van der Waals surface area contributed by atoms with Gasteiger partial charge in [-0.2, -0.15) is 13.6 Å². The van der Waals surface area contributed by atoms with Crippen LogP contribution in [0.1, 0.15) is 20.3 Å². The van der Waals surface area contributed by atoms with Gasteiger partial charge in [0.1, 0.15) is 0 Å². The summed E-state index contributed by atoms with van der Waals surface area (Å²) >= 11 is 1.44. The Hall–Kier alpha value is 0.00338. The van der Waals surface area contributed by atoms with Crippen LogP contribution in [0.25, 0.3) is 0 Å². The van der Waals surface area contributed by atoms with Crippen molar-refractivity contribution >= 4 is 16.3 Å². The van der Waals surface area contributed by atoms with Crippen molar-refractivity contribution in [2.45, 2.75) is 25.3 Å². The SMILES string of the molecule is CCC(=O)OS(N)(=O)=O.C[CH2][Zn]. The van der Waals surface area contributed by atoms with E-state index < -0.39 is 16.3 Å². The van der Waals surface area contributed by atoms with Crippen LogP contribution in [0.2, 0.25) is 5.02 Å². The second kappa shape index (κ2) is 7.64. The van der Waals surface area contributed by atoms with Gasteiger partial charge in [-0.25, -0.2) is 0 Å². The molecule has 0 fully saturated rings. The fourth-order valence-corrected chi connectivity index (χ4v) is 0.565. The summed E-state index contributed by atoms with van der Waals surface area (Å²) in [6.07, 6.45) is -0.00354. The van der Waals surface area contributed by atoms with Crippen LogP contribution < -0.4 is 5.14 Å². The van der Waals surface area contributed by atoms with Crippen LogP contribution in [0.5, 0.6) is 0 Å². The van der Waals surface area contributed by atoms with E-state index in [1.807, 2.05) is 0 Å². The zero-order valence-electron chi connectivity index (χ0n) is 7.24. The first-order chi connectivity index (χ1) is 5.37. The van der Waals surface area contributed by atoms with E-state index in [4.69, 9.17) is 0 Å². The zero-order chi connectivity index (χ0) is 10.2. The number of hydrogen-bond acceptors (Lipinski definition) is 4. The molecule has 0 aliphatic carbocycles. The third-order valence-electron chi connectivity index (χ3n) is 0.498. The molecule has 0 radical (unpaired) electrons. The Bertz CT molecular complexity index is 213. The molecule has 2 N–H and O–H groups in total. The van der Waals surface area contributed by atoms with Crippen LogP contribution in [-0.4, -0.2) is 14.4 Å². The van der Waals surface area contributed by atoms with Gasteiger partial charge < -0.3 is 4.18 Å². The van der Waals surface area contributed by atoms with E-state index >= 15 is 0 Å². The Balaban J connectivity index is 0. The van der Waals surface area contributed by atoms with Crippen LogP contribution >= 0.6 is 0 Å². The molecule has 0 bridgehead atoms. The molecule has 12 heavy (non-hydrogen) atoms. The summed E-state index contributed by atoms with van der Waals surface area (Å²) in [5.41, 5.74) is 0. The van der Waals surface area contributed by atoms with Crippen molar-refractivity contribution in [1.29, 1.82) is 0 Å². The standard InChI is InChI=1S/C3H7NO4S.C2H5.Zn/c1-2-3(5)8-9(4,6)7;1-2;/h2H2,1H3,(H2,4,6,7);1H2,2H3;. The maximum absolute atomic E-state index is 10.1. The van der Waals surface area contributed by atoms with Gasteiger partial charge in [0.05, 0.1) is 0 Å². The third-order valence-corrected chi connectivity index (χ3v) is 0.916. The fourth-order valence-electron chi connectivity index (χ4n) is 0.188.